The molecule has 1 unspecified atom stereocenters. The minimum Gasteiger partial charge on any atom is -0.490 e. The van der Waals surface area contributed by atoms with Gasteiger partial charge in [0, 0.05) is 24.2 Å². The van der Waals surface area contributed by atoms with Crippen LogP contribution in [0.3, 0.4) is 0 Å². The first kappa shape index (κ1) is 12.1. The van der Waals surface area contributed by atoms with Gasteiger partial charge in [0.1, 0.15) is 11.9 Å². The molecule has 1 aromatic carbocycles. The third-order valence-electron chi connectivity index (χ3n) is 3.67. The molecule has 0 radical (unpaired) electrons. The average molecular weight is 257 g/mol. The molecule has 0 fully saturated rings. The summed E-state index contributed by atoms with van der Waals surface area (Å²) in [4.78, 5) is 0. The number of anilines is 1. The molecule has 2 aromatic rings. The number of benzene rings is 1. The van der Waals surface area contributed by atoms with Crippen molar-refractivity contribution < 1.29 is 4.74 Å². The fourth-order valence-corrected chi connectivity index (χ4v) is 2.43. The number of aromatic amines is 1. The van der Waals surface area contributed by atoms with Gasteiger partial charge in [0.15, 0.2) is 5.82 Å². The largest absolute Gasteiger partial charge is 0.490 e. The highest BCUT2D eigenvalue weighted by atomic mass is 16.5. The molecule has 2 N–H and O–H groups in total. The predicted octanol–water partition coefficient (Wildman–Crippen LogP) is 2.96. The SMILES string of the molecule is Cc1[nH]nc(NCc2ccc3c(c2)CC(C)O3)c1C. The summed E-state index contributed by atoms with van der Waals surface area (Å²) in [5.41, 5.74) is 4.86. The third-order valence-corrected chi connectivity index (χ3v) is 3.67. The number of aryl methyl sites for hydroxylation is 1. The number of rotatable bonds is 3. The Labute approximate surface area is 113 Å². The second-order valence-electron chi connectivity index (χ2n) is 5.25. The summed E-state index contributed by atoms with van der Waals surface area (Å²) < 4.78 is 5.71. The van der Waals surface area contributed by atoms with E-state index in [0.29, 0.717) is 6.10 Å². The summed E-state index contributed by atoms with van der Waals surface area (Å²) in [6, 6.07) is 6.40. The van der Waals surface area contributed by atoms with Crippen LogP contribution in [0.15, 0.2) is 18.2 Å². The van der Waals surface area contributed by atoms with Gasteiger partial charge in [0.2, 0.25) is 0 Å². The summed E-state index contributed by atoms with van der Waals surface area (Å²) in [5, 5.41) is 10.6. The van der Waals surface area contributed by atoms with E-state index in [1.54, 1.807) is 0 Å². The zero-order valence-corrected chi connectivity index (χ0v) is 11.6. The molecule has 0 saturated carbocycles. The summed E-state index contributed by atoms with van der Waals surface area (Å²) >= 11 is 0. The molecular formula is C15H19N3O. The molecule has 0 aliphatic carbocycles. The maximum absolute atomic E-state index is 5.71. The van der Waals surface area contributed by atoms with Gasteiger partial charge in [0.25, 0.3) is 0 Å². The van der Waals surface area contributed by atoms with Crippen LogP contribution < -0.4 is 10.1 Å². The molecule has 100 valence electrons. The Morgan fingerprint density at radius 2 is 2.26 bits per heavy atom. The van der Waals surface area contributed by atoms with Gasteiger partial charge in [-0.1, -0.05) is 12.1 Å². The van der Waals surface area contributed by atoms with Gasteiger partial charge >= 0.3 is 0 Å². The molecule has 0 saturated heterocycles. The monoisotopic (exact) mass is 257 g/mol. The van der Waals surface area contributed by atoms with Crippen LogP contribution in [-0.2, 0) is 13.0 Å². The third kappa shape index (κ3) is 2.30. The fraction of sp³-hybridized carbons (Fsp3) is 0.400. The number of nitrogens with zero attached hydrogens (tertiary/aromatic N) is 1. The molecular weight excluding hydrogens is 238 g/mol. The van der Waals surface area contributed by atoms with Crippen LogP contribution in [0.1, 0.15) is 29.3 Å². The number of ether oxygens (including phenoxy) is 1. The topological polar surface area (TPSA) is 49.9 Å². The van der Waals surface area contributed by atoms with Crippen molar-refractivity contribution in [2.45, 2.75) is 39.8 Å². The van der Waals surface area contributed by atoms with E-state index in [1.807, 2.05) is 6.92 Å². The molecule has 19 heavy (non-hydrogen) atoms. The maximum atomic E-state index is 5.71. The zero-order valence-electron chi connectivity index (χ0n) is 11.6. The van der Waals surface area contributed by atoms with Crippen molar-refractivity contribution in [3.05, 3.63) is 40.6 Å². The van der Waals surface area contributed by atoms with Crippen LogP contribution in [0.4, 0.5) is 5.82 Å². The van der Waals surface area contributed by atoms with Gasteiger partial charge in [-0.25, -0.2) is 0 Å². The molecule has 0 spiro atoms. The van der Waals surface area contributed by atoms with Gasteiger partial charge in [0.05, 0.1) is 0 Å². The predicted molar refractivity (Wildman–Crippen MR) is 75.6 cm³/mol. The molecule has 2 heterocycles. The van der Waals surface area contributed by atoms with Crippen LogP contribution in [-0.4, -0.2) is 16.3 Å². The molecule has 1 atom stereocenters. The Morgan fingerprint density at radius 1 is 1.42 bits per heavy atom. The van der Waals surface area contributed by atoms with Crippen LogP contribution >= 0.6 is 0 Å². The Hall–Kier alpha value is -1.97. The molecule has 0 bridgehead atoms. The zero-order chi connectivity index (χ0) is 13.4. The molecule has 1 aromatic heterocycles. The van der Waals surface area contributed by atoms with E-state index in [-0.39, 0.29) is 0 Å². The minimum atomic E-state index is 0.300. The van der Waals surface area contributed by atoms with Gasteiger partial charge in [-0.15, -0.1) is 0 Å². The molecule has 4 nitrogen and oxygen atoms in total. The van der Waals surface area contributed by atoms with Crippen molar-refractivity contribution >= 4 is 5.82 Å². The van der Waals surface area contributed by atoms with E-state index in [4.69, 9.17) is 4.74 Å². The Kier molecular flexibility index (Phi) is 2.93. The lowest BCUT2D eigenvalue weighted by molar-refractivity contribution is 0.254. The van der Waals surface area contributed by atoms with E-state index >= 15 is 0 Å². The van der Waals surface area contributed by atoms with Crippen LogP contribution in [0, 0.1) is 13.8 Å². The standard InChI is InChI=1S/C15H19N3O/c1-9-6-13-7-12(4-5-14(13)19-9)8-16-15-10(2)11(3)17-18-15/h4-5,7,9H,6,8H2,1-3H3,(H2,16,17,18). The summed E-state index contributed by atoms with van der Waals surface area (Å²) in [6.07, 6.45) is 1.30. The summed E-state index contributed by atoms with van der Waals surface area (Å²) in [7, 11) is 0. The Balaban J connectivity index is 1.71. The molecule has 4 heteroatoms. The summed E-state index contributed by atoms with van der Waals surface area (Å²) in [6.45, 7) is 6.99. The Morgan fingerprint density at radius 3 is 3.00 bits per heavy atom. The van der Waals surface area contributed by atoms with Crippen molar-refractivity contribution in [2.75, 3.05) is 5.32 Å². The smallest absolute Gasteiger partial charge is 0.151 e. The van der Waals surface area contributed by atoms with Crippen LogP contribution in [0.5, 0.6) is 5.75 Å². The van der Waals surface area contributed by atoms with Gasteiger partial charge in [-0.2, -0.15) is 5.10 Å². The number of aromatic nitrogens is 2. The first-order chi connectivity index (χ1) is 9.13. The maximum Gasteiger partial charge on any atom is 0.151 e. The molecule has 0 amide bonds. The minimum absolute atomic E-state index is 0.300. The molecule has 1 aliphatic heterocycles. The number of hydrogen-bond donors (Lipinski definition) is 2. The van der Waals surface area contributed by atoms with E-state index in [0.717, 1.165) is 30.2 Å². The lowest BCUT2D eigenvalue weighted by atomic mass is 10.1. The van der Waals surface area contributed by atoms with Crippen molar-refractivity contribution in [3.63, 3.8) is 0 Å². The highest BCUT2D eigenvalue weighted by Crippen LogP contribution is 2.29. The van der Waals surface area contributed by atoms with Crippen molar-refractivity contribution in [1.29, 1.82) is 0 Å². The molecule has 3 rings (SSSR count). The lowest BCUT2D eigenvalue weighted by Gasteiger charge is -2.06. The first-order valence-electron chi connectivity index (χ1n) is 6.67. The first-order valence-corrected chi connectivity index (χ1v) is 6.67. The average Bonchev–Trinajstić information content (AvgIpc) is 2.90. The lowest BCUT2D eigenvalue weighted by Crippen LogP contribution is -2.05. The van der Waals surface area contributed by atoms with Crippen molar-refractivity contribution in [2.24, 2.45) is 0 Å². The number of fused-ring (bicyclic) bond motifs is 1. The van der Waals surface area contributed by atoms with Crippen molar-refractivity contribution in [3.8, 4) is 5.75 Å². The van der Waals surface area contributed by atoms with Crippen LogP contribution in [0.2, 0.25) is 0 Å². The highest BCUT2D eigenvalue weighted by Gasteiger charge is 2.18. The van der Waals surface area contributed by atoms with Crippen molar-refractivity contribution in [1.82, 2.24) is 10.2 Å². The van der Waals surface area contributed by atoms with Gasteiger partial charge in [-0.05, 0) is 38.0 Å². The normalized spacial score (nSPS) is 17.1. The number of nitrogens with one attached hydrogen (secondary N) is 2. The molecule has 1 aliphatic rings. The van der Waals surface area contributed by atoms with E-state index in [2.05, 4.69) is 47.6 Å². The van der Waals surface area contributed by atoms with Crippen LogP contribution in [0.25, 0.3) is 0 Å². The quantitative estimate of drug-likeness (QED) is 0.888. The van der Waals surface area contributed by atoms with E-state index in [1.165, 1.54) is 16.7 Å². The Bertz CT molecular complexity index is 603. The second-order valence-corrected chi connectivity index (χ2v) is 5.25. The fourth-order valence-electron chi connectivity index (χ4n) is 2.43. The number of H-pyrrole nitrogens is 1. The van der Waals surface area contributed by atoms with Gasteiger partial charge in [-0.3, -0.25) is 5.10 Å². The van der Waals surface area contributed by atoms with Gasteiger partial charge < -0.3 is 10.1 Å². The van der Waals surface area contributed by atoms with E-state index in [9.17, 15) is 0 Å². The van der Waals surface area contributed by atoms with E-state index < -0.39 is 0 Å². The number of hydrogen-bond acceptors (Lipinski definition) is 3. The summed E-state index contributed by atoms with van der Waals surface area (Å²) in [5.74, 6) is 1.96. The highest BCUT2D eigenvalue weighted by molar-refractivity contribution is 5.47. The second kappa shape index (κ2) is 4.61.